The maximum Gasteiger partial charge on any atom is 0.251 e. The molecular weight excluding hydrogens is 300 g/mol. The van der Waals surface area contributed by atoms with Gasteiger partial charge in [0.05, 0.1) is 6.10 Å². The fourth-order valence-electron chi connectivity index (χ4n) is 3.17. The second kappa shape index (κ2) is 7.60. The maximum atomic E-state index is 12.1. The lowest BCUT2D eigenvalue weighted by atomic mass is 10.00. The van der Waals surface area contributed by atoms with Gasteiger partial charge in [-0.15, -0.1) is 0 Å². The fraction of sp³-hybridized carbons (Fsp3) is 0.350. The molecule has 2 aromatic carbocycles. The third kappa shape index (κ3) is 4.22. The predicted molar refractivity (Wildman–Crippen MR) is 94.9 cm³/mol. The van der Waals surface area contributed by atoms with Gasteiger partial charge in [-0.1, -0.05) is 42.0 Å². The van der Waals surface area contributed by atoms with Gasteiger partial charge in [0.25, 0.3) is 5.91 Å². The minimum absolute atomic E-state index is 0.137. The molecule has 1 aliphatic rings. The first-order valence-electron chi connectivity index (χ1n) is 8.44. The average Bonchev–Trinajstić information content (AvgIpc) is 2.59. The third-order valence-electron chi connectivity index (χ3n) is 4.46. The number of aliphatic hydroxyl groups is 1. The number of amides is 1. The number of carbonyl (C=O) groups excluding carboxylic acids is 1. The zero-order valence-corrected chi connectivity index (χ0v) is 14.0. The normalized spacial score (nSPS) is 15.6. The number of hydrogen-bond acceptors (Lipinski definition) is 3. The molecule has 1 atom stereocenters. The van der Waals surface area contributed by atoms with Crippen molar-refractivity contribution < 1.29 is 9.90 Å². The Bertz CT molecular complexity index is 714. The molecule has 0 spiro atoms. The summed E-state index contributed by atoms with van der Waals surface area (Å²) in [6.45, 7) is 4.60. The predicted octanol–water partition coefficient (Wildman–Crippen LogP) is 2.14. The van der Waals surface area contributed by atoms with E-state index >= 15 is 0 Å². The molecule has 4 nitrogen and oxygen atoms in total. The lowest BCUT2D eigenvalue weighted by Crippen LogP contribution is -2.42. The summed E-state index contributed by atoms with van der Waals surface area (Å²) in [5.41, 5.74) is 4.42. The van der Waals surface area contributed by atoms with E-state index in [4.69, 9.17) is 0 Å². The van der Waals surface area contributed by atoms with E-state index in [1.165, 1.54) is 11.1 Å². The molecule has 2 N–H and O–H groups in total. The number of fused-ring (bicyclic) bond motifs is 1. The summed E-state index contributed by atoms with van der Waals surface area (Å²) < 4.78 is 0. The first-order valence-corrected chi connectivity index (χ1v) is 8.44. The van der Waals surface area contributed by atoms with Gasteiger partial charge < -0.3 is 10.4 Å². The molecule has 0 saturated heterocycles. The highest BCUT2D eigenvalue weighted by Crippen LogP contribution is 2.18. The van der Waals surface area contributed by atoms with Crippen molar-refractivity contribution in [3.63, 3.8) is 0 Å². The van der Waals surface area contributed by atoms with E-state index in [0.29, 0.717) is 12.1 Å². The van der Waals surface area contributed by atoms with Crippen LogP contribution < -0.4 is 5.32 Å². The molecule has 0 aromatic heterocycles. The van der Waals surface area contributed by atoms with Crippen molar-refractivity contribution >= 4 is 5.91 Å². The standard InChI is InChI=1S/C20H24N2O2/c1-15-5-4-8-17(11-15)20(24)21-12-19(23)14-22-10-9-16-6-2-3-7-18(16)13-22/h2-8,11,19,23H,9-10,12-14H2,1H3,(H,21,24). The van der Waals surface area contributed by atoms with Crippen LogP contribution in [0.1, 0.15) is 27.0 Å². The number of hydrogen-bond donors (Lipinski definition) is 2. The highest BCUT2D eigenvalue weighted by atomic mass is 16.3. The highest BCUT2D eigenvalue weighted by Gasteiger charge is 2.18. The van der Waals surface area contributed by atoms with Crippen LogP contribution in [0.25, 0.3) is 0 Å². The summed E-state index contributed by atoms with van der Waals surface area (Å²) in [4.78, 5) is 14.4. The van der Waals surface area contributed by atoms with E-state index in [9.17, 15) is 9.90 Å². The number of aryl methyl sites for hydroxylation is 1. The van der Waals surface area contributed by atoms with Gasteiger partial charge in [-0.2, -0.15) is 0 Å². The molecule has 1 unspecified atom stereocenters. The summed E-state index contributed by atoms with van der Waals surface area (Å²) >= 11 is 0. The van der Waals surface area contributed by atoms with Crippen LogP contribution in [0.15, 0.2) is 48.5 Å². The van der Waals surface area contributed by atoms with Crippen LogP contribution in [0.5, 0.6) is 0 Å². The average molecular weight is 324 g/mol. The summed E-state index contributed by atoms with van der Waals surface area (Å²) in [5.74, 6) is -0.137. The Labute approximate surface area is 143 Å². The number of aliphatic hydroxyl groups excluding tert-OH is 1. The molecule has 24 heavy (non-hydrogen) atoms. The highest BCUT2D eigenvalue weighted by molar-refractivity contribution is 5.94. The van der Waals surface area contributed by atoms with Crippen molar-refractivity contribution in [3.05, 3.63) is 70.8 Å². The van der Waals surface area contributed by atoms with Crippen molar-refractivity contribution in [2.75, 3.05) is 19.6 Å². The summed E-state index contributed by atoms with van der Waals surface area (Å²) in [6, 6.07) is 15.9. The smallest absolute Gasteiger partial charge is 0.251 e. The van der Waals surface area contributed by atoms with Crippen LogP contribution in [0.2, 0.25) is 0 Å². The SMILES string of the molecule is Cc1cccc(C(=O)NCC(O)CN2CCc3ccccc3C2)c1. The van der Waals surface area contributed by atoms with Gasteiger partial charge in [0, 0.05) is 31.7 Å². The van der Waals surface area contributed by atoms with Gasteiger partial charge in [0.1, 0.15) is 0 Å². The zero-order valence-electron chi connectivity index (χ0n) is 14.0. The van der Waals surface area contributed by atoms with Crippen molar-refractivity contribution in [3.8, 4) is 0 Å². The molecule has 0 fully saturated rings. The number of rotatable bonds is 5. The van der Waals surface area contributed by atoms with Crippen molar-refractivity contribution in [2.45, 2.75) is 26.0 Å². The fourth-order valence-corrected chi connectivity index (χ4v) is 3.17. The van der Waals surface area contributed by atoms with Gasteiger partial charge in [-0.3, -0.25) is 9.69 Å². The molecule has 126 valence electrons. The van der Waals surface area contributed by atoms with E-state index in [0.717, 1.165) is 25.1 Å². The number of nitrogens with zero attached hydrogens (tertiary/aromatic N) is 1. The van der Waals surface area contributed by atoms with Gasteiger partial charge >= 0.3 is 0 Å². The van der Waals surface area contributed by atoms with E-state index in [1.54, 1.807) is 6.07 Å². The molecule has 2 aromatic rings. The van der Waals surface area contributed by atoms with Gasteiger partial charge in [0.2, 0.25) is 0 Å². The van der Waals surface area contributed by atoms with Crippen LogP contribution in [0.3, 0.4) is 0 Å². The molecule has 0 saturated carbocycles. The van der Waals surface area contributed by atoms with E-state index in [2.05, 4.69) is 34.5 Å². The zero-order chi connectivity index (χ0) is 16.9. The van der Waals surface area contributed by atoms with Crippen LogP contribution in [0.4, 0.5) is 0 Å². The summed E-state index contributed by atoms with van der Waals surface area (Å²) in [7, 11) is 0. The minimum atomic E-state index is -0.566. The van der Waals surface area contributed by atoms with E-state index in [1.807, 2.05) is 25.1 Å². The van der Waals surface area contributed by atoms with Gasteiger partial charge in [0.15, 0.2) is 0 Å². The Kier molecular flexibility index (Phi) is 5.28. The molecule has 0 bridgehead atoms. The number of benzene rings is 2. The Balaban J connectivity index is 1.48. The molecule has 1 amide bonds. The first-order chi connectivity index (χ1) is 11.6. The third-order valence-corrected chi connectivity index (χ3v) is 4.46. The lowest BCUT2D eigenvalue weighted by molar-refractivity contribution is 0.0842. The summed E-state index contributed by atoms with van der Waals surface area (Å²) in [5, 5.41) is 13.1. The van der Waals surface area contributed by atoms with Gasteiger partial charge in [-0.05, 0) is 36.6 Å². The first kappa shape index (κ1) is 16.7. The Morgan fingerprint density at radius 1 is 1.21 bits per heavy atom. The van der Waals surface area contributed by atoms with Crippen molar-refractivity contribution in [2.24, 2.45) is 0 Å². The van der Waals surface area contributed by atoms with Crippen molar-refractivity contribution in [1.82, 2.24) is 10.2 Å². The van der Waals surface area contributed by atoms with Crippen LogP contribution >= 0.6 is 0 Å². The monoisotopic (exact) mass is 324 g/mol. The van der Waals surface area contributed by atoms with Crippen LogP contribution in [-0.2, 0) is 13.0 Å². The van der Waals surface area contributed by atoms with Crippen LogP contribution in [-0.4, -0.2) is 41.7 Å². The largest absolute Gasteiger partial charge is 0.390 e. The Morgan fingerprint density at radius 3 is 2.79 bits per heavy atom. The number of β-amino-alcohol motifs (C(OH)–C–C–N with tert-alkyl or cyclic N) is 1. The van der Waals surface area contributed by atoms with E-state index < -0.39 is 6.10 Å². The van der Waals surface area contributed by atoms with Crippen LogP contribution in [0, 0.1) is 6.92 Å². The molecule has 3 rings (SSSR count). The van der Waals surface area contributed by atoms with Crippen molar-refractivity contribution in [1.29, 1.82) is 0 Å². The molecule has 0 aliphatic carbocycles. The molecular formula is C20H24N2O2. The lowest BCUT2D eigenvalue weighted by Gasteiger charge is -2.30. The topological polar surface area (TPSA) is 52.6 Å². The Hall–Kier alpha value is -2.17. The summed E-state index contributed by atoms with van der Waals surface area (Å²) in [6.07, 6.45) is 0.447. The molecule has 0 radical (unpaired) electrons. The van der Waals surface area contributed by atoms with E-state index in [-0.39, 0.29) is 12.5 Å². The molecule has 1 heterocycles. The molecule has 4 heteroatoms. The number of nitrogens with one attached hydrogen (secondary N) is 1. The second-order valence-electron chi connectivity index (χ2n) is 6.49. The second-order valence-corrected chi connectivity index (χ2v) is 6.49. The number of carbonyl (C=O) groups is 1. The Morgan fingerprint density at radius 2 is 2.00 bits per heavy atom. The maximum absolute atomic E-state index is 12.1. The minimum Gasteiger partial charge on any atom is -0.390 e. The molecule has 1 aliphatic heterocycles. The quantitative estimate of drug-likeness (QED) is 0.886. The van der Waals surface area contributed by atoms with Gasteiger partial charge in [-0.25, -0.2) is 0 Å².